The minimum absolute atomic E-state index is 0.00782. The molecule has 0 fully saturated rings. The van der Waals surface area contributed by atoms with Crippen molar-refractivity contribution in [1.29, 1.82) is 0 Å². The van der Waals surface area contributed by atoms with Crippen LogP contribution in [-0.2, 0) is 6.42 Å². The van der Waals surface area contributed by atoms with Crippen LogP contribution in [0.3, 0.4) is 0 Å². The van der Waals surface area contributed by atoms with E-state index in [9.17, 15) is 5.11 Å². The van der Waals surface area contributed by atoms with Gasteiger partial charge in [-0.1, -0.05) is 45.0 Å². The molecule has 1 heteroatoms. The molecule has 0 saturated carbocycles. The number of aliphatic hydroxyl groups excluding tert-OH is 1. The van der Waals surface area contributed by atoms with E-state index in [4.69, 9.17) is 0 Å². The first-order valence-electron chi connectivity index (χ1n) is 5.65. The molecule has 0 heterocycles. The molecule has 0 amide bonds. The van der Waals surface area contributed by atoms with Gasteiger partial charge in [0.1, 0.15) is 0 Å². The van der Waals surface area contributed by atoms with E-state index in [0.29, 0.717) is 5.92 Å². The van der Waals surface area contributed by atoms with Gasteiger partial charge in [-0.05, 0) is 35.8 Å². The zero-order valence-electron chi connectivity index (χ0n) is 10.2. The predicted octanol–water partition coefficient (Wildman–Crippen LogP) is 3.19. The van der Waals surface area contributed by atoms with Gasteiger partial charge in [0.25, 0.3) is 0 Å². The fourth-order valence-electron chi connectivity index (χ4n) is 1.69. The second-order valence-electron chi connectivity index (χ2n) is 5.07. The minimum atomic E-state index is -0.00782. The molecule has 15 heavy (non-hydrogen) atoms. The van der Waals surface area contributed by atoms with Crippen molar-refractivity contribution in [2.75, 3.05) is 6.61 Å². The van der Waals surface area contributed by atoms with Crippen molar-refractivity contribution in [3.8, 4) is 0 Å². The highest BCUT2D eigenvalue weighted by atomic mass is 16.3. The summed E-state index contributed by atoms with van der Waals surface area (Å²) in [5, 5.41) is 9.51. The summed E-state index contributed by atoms with van der Waals surface area (Å²) in [7, 11) is 0. The summed E-state index contributed by atoms with van der Waals surface area (Å²) < 4.78 is 0. The first-order chi connectivity index (χ1) is 6.99. The predicted molar refractivity (Wildman–Crippen MR) is 64.9 cm³/mol. The van der Waals surface area contributed by atoms with Gasteiger partial charge in [0.2, 0.25) is 0 Å². The molecule has 0 aliphatic rings. The summed E-state index contributed by atoms with van der Waals surface area (Å²) in [5.74, 6) is 0.488. The zero-order valence-corrected chi connectivity index (χ0v) is 10.2. The van der Waals surface area contributed by atoms with Crippen LogP contribution in [0.1, 0.15) is 31.9 Å². The Morgan fingerprint density at radius 3 is 2.33 bits per heavy atom. The van der Waals surface area contributed by atoms with E-state index >= 15 is 0 Å². The molecule has 0 aliphatic carbocycles. The highest BCUT2D eigenvalue weighted by Crippen LogP contribution is 2.31. The molecular weight excluding hydrogens is 184 g/mol. The van der Waals surface area contributed by atoms with Gasteiger partial charge in [0.15, 0.2) is 0 Å². The largest absolute Gasteiger partial charge is 0.396 e. The monoisotopic (exact) mass is 206 g/mol. The van der Waals surface area contributed by atoms with Gasteiger partial charge in [0, 0.05) is 6.61 Å². The van der Waals surface area contributed by atoms with Crippen LogP contribution < -0.4 is 0 Å². The lowest BCUT2D eigenvalue weighted by molar-refractivity contribution is 0.0946. The van der Waals surface area contributed by atoms with Crippen molar-refractivity contribution >= 4 is 0 Å². The van der Waals surface area contributed by atoms with Gasteiger partial charge in [-0.15, -0.1) is 0 Å². The number of aliphatic hydroxyl groups is 1. The summed E-state index contributed by atoms with van der Waals surface area (Å²) in [4.78, 5) is 0. The molecule has 1 nitrogen and oxygen atoms in total. The van der Waals surface area contributed by atoms with Crippen LogP contribution in [0.2, 0.25) is 0 Å². The van der Waals surface area contributed by atoms with Crippen LogP contribution >= 0.6 is 0 Å². The van der Waals surface area contributed by atoms with E-state index in [1.165, 1.54) is 11.1 Å². The molecular formula is C14H22O. The van der Waals surface area contributed by atoms with Gasteiger partial charge < -0.3 is 5.11 Å². The lowest BCUT2D eigenvalue weighted by atomic mass is 9.74. The van der Waals surface area contributed by atoms with Gasteiger partial charge in [-0.3, -0.25) is 0 Å². The summed E-state index contributed by atoms with van der Waals surface area (Å²) >= 11 is 0. The third kappa shape index (κ3) is 2.82. The van der Waals surface area contributed by atoms with Gasteiger partial charge in [-0.25, -0.2) is 0 Å². The van der Waals surface area contributed by atoms with E-state index in [-0.39, 0.29) is 12.0 Å². The Balaban J connectivity index is 2.89. The molecule has 0 spiro atoms. The van der Waals surface area contributed by atoms with Gasteiger partial charge in [-0.2, -0.15) is 0 Å². The van der Waals surface area contributed by atoms with Crippen molar-refractivity contribution in [3.63, 3.8) is 0 Å². The smallest absolute Gasteiger partial charge is 0.0490 e. The van der Waals surface area contributed by atoms with Crippen LogP contribution in [0, 0.1) is 18.3 Å². The molecule has 0 aromatic heterocycles. The molecule has 0 aliphatic heterocycles. The Bertz CT molecular complexity index is 317. The van der Waals surface area contributed by atoms with Crippen LogP contribution in [0.5, 0.6) is 0 Å². The van der Waals surface area contributed by atoms with Crippen LogP contribution in [0.25, 0.3) is 0 Å². The highest BCUT2D eigenvalue weighted by Gasteiger charge is 2.28. The second-order valence-corrected chi connectivity index (χ2v) is 5.07. The van der Waals surface area contributed by atoms with Crippen molar-refractivity contribution in [2.24, 2.45) is 11.3 Å². The quantitative estimate of drug-likeness (QED) is 0.802. The van der Waals surface area contributed by atoms with E-state index in [1.807, 2.05) is 0 Å². The number of rotatable bonds is 4. The fraction of sp³-hybridized carbons (Fsp3) is 0.571. The van der Waals surface area contributed by atoms with Crippen molar-refractivity contribution in [1.82, 2.24) is 0 Å². The normalized spacial score (nSPS) is 15.3. The van der Waals surface area contributed by atoms with E-state index in [1.54, 1.807) is 0 Å². The Morgan fingerprint density at radius 1 is 1.27 bits per heavy atom. The molecule has 0 bridgehead atoms. The van der Waals surface area contributed by atoms with Gasteiger partial charge in [0.05, 0.1) is 0 Å². The SMILES string of the molecule is Cc1ccccc1CC(C)(CO)C(C)C. The van der Waals surface area contributed by atoms with Crippen molar-refractivity contribution < 1.29 is 5.11 Å². The number of aryl methyl sites for hydroxylation is 1. The minimum Gasteiger partial charge on any atom is -0.396 e. The zero-order chi connectivity index (χ0) is 11.5. The van der Waals surface area contributed by atoms with E-state index in [0.717, 1.165) is 6.42 Å². The van der Waals surface area contributed by atoms with E-state index in [2.05, 4.69) is 52.0 Å². The number of hydrogen-bond acceptors (Lipinski definition) is 1. The summed E-state index contributed by atoms with van der Waals surface area (Å²) in [6.45, 7) is 8.89. The summed E-state index contributed by atoms with van der Waals surface area (Å²) in [5.41, 5.74) is 2.66. The maximum atomic E-state index is 9.51. The van der Waals surface area contributed by atoms with Crippen LogP contribution in [-0.4, -0.2) is 11.7 Å². The lowest BCUT2D eigenvalue weighted by Crippen LogP contribution is -2.30. The Labute approximate surface area is 93.1 Å². The maximum absolute atomic E-state index is 9.51. The second kappa shape index (κ2) is 4.80. The highest BCUT2D eigenvalue weighted by molar-refractivity contribution is 5.26. The Morgan fingerprint density at radius 2 is 1.87 bits per heavy atom. The lowest BCUT2D eigenvalue weighted by Gasteiger charge is -2.32. The first kappa shape index (κ1) is 12.3. The first-order valence-corrected chi connectivity index (χ1v) is 5.65. The average molecular weight is 206 g/mol. The maximum Gasteiger partial charge on any atom is 0.0490 e. The molecule has 1 aromatic carbocycles. The number of hydrogen-bond donors (Lipinski definition) is 1. The molecule has 0 saturated heterocycles. The van der Waals surface area contributed by atoms with E-state index < -0.39 is 0 Å². The van der Waals surface area contributed by atoms with Crippen LogP contribution in [0.15, 0.2) is 24.3 Å². The summed E-state index contributed by atoms with van der Waals surface area (Å²) in [6, 6.07) is 8.42. The topological polar surface area (TPSA) is 20.2 Å². The molecule has 1 N–H and O–H groups in total. The standard InChI is InChI=1S/C14H22O/c1-11(2)14(4,10-15)9-13-8-6-5-7-12(13)3/h5-8,11,15H,9-10H2,1-4H3. The van der Waals surface area contributed by atoms with Crippen molar-refractivity contribution in [3.05, 3.63) is 35.4 Å². The third-order valence-electron chi connectivity index (χ3n) is 3.61. The molecule has 0 radical (unpaired) electrons. The summed E-state index contributed by atoms with van der Waals surface area (Å²) in [6.07, 6.45) is 0.952. The Hall–Kier alpha value is -0.820. The molecule has 1 aromatic rings. The average Bonchev–Trinajstić information content (AvgIpc) is 2.21. The third-order valence-corrected chi connectivity index (χ3v) is 3.61. The molecule has 1 atom stereocenters. The fourth-order valence-corrected chi connectivity index (χ4v) is 1.69. The van der Waals surface area contributed by atoms with Crippen molar-refractivity contribution in [2.45, 2.75) is 34.1 Å². The molecule has 1 rings (SSSR count). The van der Waals surface area contributed by atoms with Gasteiger partial charge >= 0.3 is 0 Å². The molecule has 84 valence electrons. The Kier molecular flexibility index (Phi) is 3.92. The van der Waals surface area contributed by atoms with Crippen LogP contribution in [0.4, 0.5) is 0 Å². The molecule has 1 unspecified atom stereocenters. The number of benzene rings is 1.